The Morgan fingerprint density at radius 2 is 0.971 bits per heavy atom. The van der Waals surface area contributed by atoms with E-state index in [9.17, 15) is 9.59 Å². The fourth-order valence-electron chi connectivity index (χ4n) is 3.82. The van der Waals surface area contributed by atoms with E-state index in [2.05, 4.69) is 51.2 Å². The highest BCUT2D eigenvalue weighted by molar-refractivity contribution is 6.59. The van der Waals surface area contributed by atoms with Gasteiger partial charge in [0.25, 0.3) is 0 Å². The molecule has 3 aromatic rings. The Hall–Kier alpha value is -3.49. The molecule has 0 aromatic heterocycles. The molecular weight excluding hydrogens is 452 g/mol. The smallest absolute Gasteiger partial charge is 0.249 e. The third-order valence-electron chi connectivity index (χ3n) is 5.70. The Bertz CT molecular complexity index is 1180. The lowest BCUT2D eigenvalue weighted by Gasteiger charge is -2.13. The molecule has 0 unspecified atom stereocenters. The molecule has 6 heteroatoms. The molecule has 4 nitrogen and oxygen atoms in total. The number of hydrogen-bond acceptors (Lipinski definition) is 2. The van der Waals surface area contributed by atoms with E-state index in [1.54, 1.807) is 0 Å². The largest absolute Gasteiger partial charge is 0.366 e. The highest BCUT2D eigenvalue weighted by Gasteiger charge is 2.14. The van der Waals surface area contributed by atoms with Gasteiger partial charge in [-0.3, -0.25) is 9.59 Å². The van der Waals surface area contributed by atoms with Crippen molar-refractivity contribution in [2.45, 2.75) is 27.7 Å². The molecule has 0 heterocycles. The van der Waals surface area contributed by atoms with E-state index in [0.29, 0.717) is 11.1 Å². The normalized spacial score (nSPS) is 11.2. The first kappa shape index (κ1) is 25.1. The topological polar surface area (TPSA) is 86.2 Å². The van der Waals surface area contributed by atoms with Gasteiger partial charge in [-0.25, -0.2) is 0 Å². The third kappa shape index (κ3) is 6.30. The molecule has 3 rings (SSSR count). The molecule has 4 N–H and O–H groups in total. The van der Waals surface area contributed by atoms with Gasteiger partial charge in [0.05, 0.1) is 19.0 Å². The number of carbonyl (C=O) groups excluding carboxylic acids is 2. The zero-order chi connectivity index (χ0) is 24.8. The average molecular weight is 485 g/mol. The fraction of sp³-hybridized carbons (Fsp3) is 0.143. The lowest BCUT2D eigenvalue weighted by molar-refractivity contribution is 0.0992. The van der Waals surface area contributed by atoms with Gasteiger partial charge in [0.15, 0.2) is 0 Å². The van der Waals surface area contributed by atoms with Gasteiger partial charge in [-0.2, -0.15) is 0 Å². The van der Waals surface area contributed by atoms with E-state index >= 15 is 0 Å². The quantitative estimate of drug-likeness (QED) is 0.482. The van der Waals surface area contributed by atoms with Crippen LogP contribution in [0.25, 0.3) is 22.3 Å². The molecule has 0 aliphatic rings. The minimum absolute atomic E-state index is 0.442. The van der Waals surface area contributed by atoms with Crippen LogP contribution in [0.15, 0.2) is 83.2 Å². The van der Waals surface area contributed by atoms with Crippen LogP contribution in [0.1, 0.15) is 48.4 Å². The summed E-state index contributed by atoms with van der Waals surface area (Å²) in [5.74, 6) is -0.884. The second-order valence-electron chi connectivity index (χ2n) is 9.04. The van der Waals surface area contributed by atoms with Crippen molar-refractivity contribution in [1.29, 1.82) is 0 Å². The van der Waals surface area contributed by atoms with Gasteiger partial charge in [-0.15, -0.1) is 0 Å². The molecule has 0 radical (unpaired) electrons. The molecule has 174 valence electrons. The van der Waals surface area contributed by atoms with Crippen LogP contribution in [0.5, 0.6) is 0 Å². The number of benzene rings is 3. The van der Waals surface area contributed by atoms with E-state index in [1.807, 2.05) is 48.5 Å². The van der Waals surface area contributed by atoms with Crippen molar-refractivity contribution < 1.29 is 9.59 Å². The molecule has 0 spiro atoms. The van der Waals surface area contributed by atoms with Crippen LogP contribution in [0, 0.1) is 0 Å². The van der Waals surface area contributed by atoms with Crippen molar-refractivity contribution in [1.82, 2.24) is 0 Å². The molecule has 0 saturated carbocycles. The molecule has 0 fully saturated rings. The Kier molecular flexibility index (Phi) is 8.20. The maximum atomic E-state index is 12.1. The highest BCUT2D eigenvalue weighted by atomic mass is 28.2. The second-order valence-corrected chi connectivity index (χ2v) is 12.3. The van der Waals surface area contributed by atoms with E-state index in [0.717, 1.165) is 22.3 Å². The van der Waals surface area contributed by atoms with Gasteiger partial charge in [0, 0.05) is 11.1 Å². The summed E-state index contributed by atoms with van der Waals surface area (Å²) in [6.45, 7) is 8.40. The van der Waals surface area contributed by atoms with Crippen LogP contribution in [-0.4, -0.2) is 30.9 Å². The van der Waals surface area contributed by atoms with Gasteiger partial charge in [-0.1, -0.05) is 81.4 Å². The monoisotopic (exact) mass is 484 g/mol. The number of amides is 2. The van der Waals surface area contributed by atoms with E-state index in [-0.39, 0.29) is 0 Å². The summed E-state index contributed by atoms with van der Waals surface area (Å²) in [7, 11) is -1.14. The highest BCUT2D eigenvalue weighted by Crippen LogP contribution is 2.28. The van der Waals surface area contributed by atoms with Crippen molar-refractivity contribution in [3.63, 3.8) is 0 Å². The molecule has 0 bridgehead atoms. The first-order valence-electron chi connectivity index (χ1n) is 11.4. The molecule has 3 aromatic carbocycles. The van der Waals surface area contributed by atoms with Crippen molar-refractivity contribution in [3.8, 4) is 22.3 Å². The number of allylic oxidation sites excluding steroid dienone is 2. The molecule has 0 aliphatic heterocycles. The summed E-state index contributed by atoms with van der Waals surface area (Å²) in [5.41, 5.74) is 23.1. The van der Waals surface area contributed by atoms with Crippen LogP contribution < -0.4 is 21.8 Å². The Morgan fingerprint density at radius 1 is 0.618 bits per heavy atom. The van der Waals surface area contributed by atoms with Gasteiger partial charge in [-0.05, 0) is 62.1 Å². The van der Waals surface area contributed by atoms with Gasteiger partial charge in [0.2, 0.25) is 11.8 Å². The average Bonchev–Trinajstić information content (AvgIpc) is 2.81. The van der Waals surface area contributed by atoms with Crippen LogP contribution >= 0.6 is 0 Å². The zero-order valence-electron chi connectivity index (χ0n) is 20.3. The summed E-state index contributed by atoms with van der Waals surface area (Å²) in [6, 6.07) is 19.8. The van der Waals surface area contributed by atoms with Crippen LogP contribution in [0.2, 0.25) is 0 Å². The van der Waals surface area contributed by atoms with Crippen molar-refractivity contribution in [3.05, 3.63) is 94.3 Å². The lowest BCUT2D eigenvalue weighted by Crippen LogP contribution is -2.18. The molecule has 0 aliphatic carbocycles. The van der Waals surface area contributed by atoms with Gasteiger partial charge in [0.1, 0.15) is 0 Å². The first-order chi connectivity index (χ1) is 16.2. The molecule has 2 amide bonds. The number of primary amides is 2. The lowest BCUT2D eigenvalue weighted by atomic mass is 9.94. The summed E-state index contributed by atoms with van der Waals surface area (Å²) >= 11 is 0. The van der Waals surface area contributed by atoms with E-state index in [1.165, 1.54) is 21.5 Å². The van der Waals surface area contributed by atoms with Crippen LogP contribution in [-0.2, 0) is 0 Å². The number of hydrogen-bond donors (Lipinski definition) is 2. The van der Waals surface area contributed by atoms with Crippen LogP contribution in [0.4, 0.5) is 0 Å². The first-order valence-corrected chi connectivity index (χ1v) is 14.4. The Morgan fingerprint density at radius 3 is 1.26 bits per heavy atom. The summed E-state index contributed by atoms with van der Waals surface area (Å²) in [6.07, 6.45) is 0. The maximum absolute atomic E-state index is 12.1. The minimum Gasteiger partial charge on any atom is -0.366 e. The van der Waals surface area contributed by atoms with E-state index in [4.69, 9.17) is 11.5 Å². The standard InChI is InChI=1S/C28H32N2O2Si2/c1-17(2)15-33-21-9-11-23(27(29)31)25(13-21)19-5-7-20(8-6-19)26-14-22(34-16-18(3)4)10-12-24(26)28(30)32/h5-16H,33-34H2,1-4H3,(H2,29,31)(H2,30,32). The van der Waals surface area contributed by atoms with Gasteiger partial charge < -0.3 is 11.5 Å². The fourth-order valence-corrected chi connectivity index (χ4v) is 6.26. The number of nitrogens with two attached hydrogens (primary N) is 2. The minimum atomic E-state index is -0.572. The van der Waals surface area contributed by atoms with Crippen molar-refractivity contribution in [2.24, 2.45) is 11.5 Å². The summed E-state index contributed by atoms with van der Waals surface area (Å²) < 4.78 is 0. The molecular formula is C28H32N2O2Si2. The van der Waals surface area contributed by atoms with Gasteiger partial charge >= 0.3 is 0 Å². The number of carbonyl (C=O) groups is 2. The number of rotatable bonds is 8. The van der Waals surface area contributed by atoms with Crippen molar-refractivity contribution in [2.75, 3.05) is 0 Å². The summed E-state index contributed by atoms with van der Waals surface area (Å²) in [4.78, 5) is 24.2. The zero-order valence-corrected chi connectivity index (χ0v) is 23.1. The molecule has 34 heavy (non-hydrogen) atoms. The SMILES string of the molecule is CC(C)=C[SiH2]c1ccc(C(N)=O)c(-c2ccc(-c3cc([SiH2]C=C(C)C)ccc3C(N)=O)cc2)c1. The molecule has 0 atom stereocenters. The summed E-state index contributed by atoms with van der Waals surface area (Å²) in [5, 5.41) is 2.50. The predicted molar refractivity (Wildman–Crippen MR) is 150 cm³/mol. The van der Waals surface area contributed by atoms with Crippen LogP contribution in [0.3, 0.4) is 0 Å². The van der Waals surface area contributed by atoms with Crippen molar-refractivity contribution >= 4 is 41.2 Å². The second kappa shape index (κ2) is 11.1. The maximum Gasteiger partial charge on any atom is 0.249 e. The van der Waals surface area contributed by atoms with E-state index < -0.39 is 30.9 Å². The third-order valence-corrected chi connectivity index (χ3v) is 9.56. The molecule has 0 saturated heterocycles. The Labute approximate surface area is 206 Å². The predicted octanol–water partition coefficient (Wildman–Crippen LogP) is 2.65. The Balaban J connectivity index is 2.04.